The Morgan fingerprint density at radius 2 is 1.66 bits per heavy atom. The van der Waals surface area contributed by atoms with Gasteiger partial charge in [-0.25, -0.2) is 0 Å². The summed E-state index contributed by atoms with van der Waals surface area (Å²) in [5.41, 5.74) is 3.12. The molecule has 35 heavy (non-hydrogen) atoms. The summed E-state index contributed by atoms with van der Waals surface area (Å²) in [6.45, 7) is 13.4. The first kappa shape index (κ1) is 28.0. The Morgan fingerprint density at radius 1 is 1.06 bits per heavy atom. The number of aliphatic hydroxyl groups is 1. The molecule has 1 aliphatic rings. The van der Waals surface area contributed by atoms with Crippen LogP contribution in [-0.4, -0.2) is 33.3 Å². The molecule has 1 aromatic heterocycles. The highest BCUT2D eigenvalue weighted by molar-refractivity contribution is 6.39. The fraction of sp³-hybridized carbons (Fsp3) is 0.607. The first-order chi connectivity index (χ1) is 16.2. The van der Waals surface area contributed by atoms with E-state index in [0.29, 0.717) is 28.1 Å². The second-order valence-electron chi connectivity index (χ2n) is 11.7. The number of benzene rings is 1. The van der Waals surface area contributed by atoms with Crippen LogP contribution in [0.5, 0.6) is 0 Å². The zero-order valence-corrected chi connectivity index (χ0v) is 23.5. The third-order valence-corrected chi connectivity index (χ3v) is 7.24. The van der Waals surface area contributed by atoms with E-state index in [1.807, 2.05) is 25.1 Å². The van der Waals surface area contributed by atoms with Crippen LogP contribution in [0.1, 0.15) is 88.3 Å². The molecule has 1 aromatic carbocycles. The number of nitrogens with zero attached hydrogens (tertiary/aromatic N) is 1. The van der Waals surface area contributed by atoms with Gasteiger partial charge in [-0.3, -0.25) is 4.79 Å². The van der Waals surface area contributed by atoms with Gasteiger partial charge in [-0.1, -0.05) is 42.5 Å². The molecule has 1 saturated carbocycles. The Bertz CT molecular complexity index is 1020. The Labute approximate surface area is 220 Å². The average Bonchev–Trinajstić information content (AvgIpc) is 3.06. The number of rotatable bonds is 8. The summed E-state index contributed by atoms with van der Waals surface area (Å²) in [6.07, 6.45) is 6.17. The van der Waals surface area contributed by atoms with Gasteiger partial charge in [0.05, 0.1) is 26.9 Å². The lowest BCUT2D eigenvalue weighted by Crippen LogP contribution is -2.38. The van der Waals surface area contributed by atoms with Crippen molar-refractivity contribution in [3.63, 3.8) is 0 Å². The van der Waals surface area contributed by atoms with Crippen LogP contribution < -0.4 is 10.6 Å². The standard InChI is InChI=1S/C28H41Cl2N3O2/c1-18-21(26(34)31-17-28(5,6)35)14-24(33(18)16-19-10-8-7-9-11-19)25-22(29)12-20(13-23(25)30)15-32-27(2,3)4/h12-14,19,32,35H,7-11,15-17H2,1-6H3,(H,31,34). The van der Waals surface area contributed by atoms with E-state index < -0.39 is 5.60 Å². The molecule has 2 aromatic rings. The minimum atomic E-state index is -0.986. The summed E-state index contributed by atoms with van der Waals surface area (Å²) in [7, 11) is 0. The number of halogens is 2. The van der Waals surface area contributed by atoms with E-state index >= 15 is 0 Å². The van der Waals surface area contributed by atoms with Gasteiger partial charge in [-0.05, 0) is 84.1 Å². The molecular weight excluding hydrogens is 481 g/mol. The normalized spacial score (nSPS) is 15.5. The highest BCUT2D eigenvalue weighted by Gasteiger charge is 2.25. The maximum absolute atomic E-state index is 13.1. The second-order valence-corrected chi connectivity index (χ2v) is 12.5. The minimum absolute atomic E-state index is 0.0190. The van der Waals surface area contributed by atoms with Crippen LogP contribution >= 0.6 is 23.2 Å². The molecule has 0 unspecified atom stereocenters. The summed E-state index contributed by atoms with van der Waals surface area (Å²) in [6, 6.07) is 5.82. The van der Waals surface area contributed by atoms with Crippen LogP contribution in [0.4, 0.5) is 0 Å². The Hall–Kier alpha value is -1.53. The van der Waals surface area contributed by atoms with Gasteiger partial charge < -0.3 is 20.3 Å². The summed E-state index contributed by atoms with van der Waals surface area (Å²) >= 11 is 13.7. The van der Waals surface area contributed by atoms with Gasteiger partial charge >= 0.3 is 0 Å². The van der Waals surface area contributed by atoms with Crippen molar-refractivity contribution in [2.45, 2.75) is 97.9 Å². The maximum Gasteiger partial charge on any atom is 0.253 e. The van der Waals surface area contributed by atoms with Gasteiger partial charge in [0.1, 0.15) is 0 Å². The largest absolute Gasteiger partial charge is 0.389 e. The van der Waals surface area contributed by atoms with Crippen molar-refractivity contribution in [1.82, 2.24) is 15.2 Å². The van der Waals surface area contributed by atoms with Crippen molar-refractivity contribution in [3.05, 3.63) is 45.1 Å². The molecule has 1 aliphatic carbocycles. The van der Waals surface area contributed by atoms with Gasteiger partial charge in [0.25, 0.3) is 5.91 Å². The SMILES string of the molecule is Cc1c(C(=O)NCC(C)(C)O)cc(-c2c(Cl)cc(CNC(C)(C)C)cc2Cl)n1CC1CCCCC1. The van der Waals surface area contributed by atoms with Crippen molar-refractivity contribution >= 4 is 29.1 Å². The van der Waals surface area contributed by atoms with E-state index in [2.05, 4.69) is 36.0 Å². The monoisotopic (exact) mass is 521 g/mol. The number of hydrogen-bond donors (Lipinski definition) is 3. The van der Waals surface area contributed by atoms with Crippen molar-refractivity contribution in [2.75, 3.05) is 6.54 Å². The molecule has 0 radical (unpaired) electrons. The highest BCUT2D eigenvalue weighted by Crippen LogP contribution is 2.39. The third kappa shape index (κ3) is 7.72. The Balaban J connectivity index is 2.01. The molecule has 194 valence electrons. The van der Waals surface area contributed by atoms with Gasteiger partial charge in [0, 0.05) is 36.4 Å². The predicted molar refractivity (Wildman–Crippen MR) is 146 cm³/mol. The molecule has 3 rings (SSSR count). The Kier molecular flexibility index (Phi) is 9.01. The topological polar surface area (TPSA) is 66.3 Å². The first-order valence-corrected chi connectivity index (χ1v) is 13.4. The summed E-state index contributed by atoms with van der Waals surface area (Å²) in [4.78, 5) is 13.1. The van der Waals surface area contributed by atoms with E-state index in [1.165, 1.54) is 32.1 Å². The third-order valence-electron chi connectivity index (χ3n) is 6.64. The molecule has 5 nitrogen and oxygen atoms in total. The molecule has 1 heterocycles. The van der Waals surface area contributed by atoms with E-state index in [1.54, 1.807) is 13.8 Å². The minimum Gasteiger partial charge on any atom is -0.389 e. The van der Waals surface area contributed by atoms with Crippen molar-refractivity contribution in [3.8, 4) is 11.3 Å². The van der Waals surface area contributed by atoms with E-state index in [-0.39, 0.29) is 18.0 Å². The molecule has 0 bridgehead atoms. The second kappa shape index (κ2) is 11.2. The zero-order valence-electron chi connectivity index (χ0n) is 22.0. The first-order valence-electron chi connectivity index (χ1n) is 12.7. The molecule has 7 heteroatoms. The van der Waals surface area contributed by atoms with E-state index in [9.17, 15) is 9.90 Å². The van der Waals surface area contributed by atoms with Crippen LogP contribution in [0.2, 0.25) is 10.0 Å². The summed E-state index contributed by atoms with van der Waals surface area (Å²) in [5, 5.41) is 17.6. The van der Waals surface area contributed by atoms with Gasteiger partial charge in [-0.2, -0.15) is 0 Å². The van der Waals surface area contributed by atoms with Gasteiger partial charge in [-0.15, -0.1) is 0 Å². The van der Waals surface area contributed by atoms with Crippen LogP contribution in [-0.2, 0) is 13.1 Å². The van der Waals surface area contributed by atoms with Gasteiger partial charge in [0.2, 0.25) is 0 Å². The van der Waals surface area contributed by atoms with E-state index in [0.717, 1.165) is 29.1 Å². The molecule has 0 aliphatic heterocycles. The molecular formula is C28H41Cl2N3O2. The highest BCUT2D eigenvalue weighted by atomic mass is 35.5. The summed E-state index contributed by atoms with van der Waals surface area (Å²) < 4.78 is 2.22. The number of hydrogen-bond acceptors (Lipinski definition) is 3. The number of carbonyl (C=O) groups is 1. The Morgan fingerprint density at radius 3 is 2.20 bits per heavy atom. The summed E-state index contributed by atoms with van der Waals surface area (Å²) in [5.74, 6) is 0.361. The van der Waals surface area contributed by atoms with E-state index in [4.69, 9.17) is 23.2 Å². The lowest BCUT2D eigenvalue weighted by molar-refractivity contribution is 0.0694. The molecule has 1 amide bonds. The van der Waals surface area contributed by atoms with Crippen LogP contribution in [0.25, 0.3) is 11.3 Å². The molecule has 0 atom stereocenters. The average molecular weight is 523 g/mol. The lowest BCUT2D eigenvalue weighted by atomic mass is 9.89. The van der Waals surface area contributed by atoms with Crippen molar-refractivity contribution < 1.29 is 9.90 Å². The molecule has 0 spiro atoms. The number of carbonyl (C=O) groups excluding carboxylic acids is 1. The van der Waals surface area contributed by atoms with Crippen molar-refractivity contribution in [1.29, 1.82) is 0 Å². The smallest absolute Gasteiger partial charge is 0.253 e. The fourth-order valence-electron chi connectivity index (χ4n) is 4.68. The fourth-order valence-corrected chi connectivity index (χ4v) is 5.40. The number of amides is 1. The molecule has 0 saturated heterocycles. The van der Waals surface area contributed by atoms with Crippen molar-refractivity contribution in [2.24, 2.45) is 5.92 Å². The zero-order chi connectivity index (χ0) is 26.0. The van der Waals surface area contributed by atoms with Crippen LogP contribution in [0.3, 0.4) is 0 Å². The maximum atomic E-state index is 13.1. The lowest BCUT2D eigenvalue weighted by Gasteiger charge is -2.25. The predicted octanol–water partition coefficient (Wildman–Crippen LogP) is 6.74. The van der Waals surface area contributed by atoms with Gasteiger partial charge in [0.15, 0.2) is 0 Å². The number of aromatic nitrogens is 1. The van der Waals surface area contributed by atoms with Crippen LogP contribution in [0.15, 0.2) is 18.2 Å². The molecule has 1 fully saturated rings. The molecule has 3 N–H and O–H groups in total. The quantitative estimate of drug-likeness (QED) is 0.360. The number of nitrogens with one attached hydrogen (secondary N) is 2. The van der Waals surface area contributed by atoms with Crippen LogP contribution in [0, 0.1) is 12.8 Å².